The van der Waals surface area contributed by atoms with Crippen LogP contribution in [0.2, 0.25) is 0 Å². The molecule has 0 radical (unpaired) electrons. The molecule has 1 saturated carbocycles. The zero-order valence-corrected chi connectivity index (χ0v) is 22.1. The Balaban J connectivity index is 1.29. The molecular weight excluding hydrogens is 514 g/mol. The number of carboxylic acid groups (broad SMARTS) is 1. The van der Waals surface area contributed by atoms with E-state index < -0.39 is 23.6 Å². The summed E-state index contributed by atoms with van der Waals surface area (Å²) in [6.07, 6.45) is 1.99. The Morgan fingerprint density at radius 1 is 1.10 bits per heavy atom. The third-order valence-corrected chi connectivity index (χ3v) is 8.19. The summed E-state index contributed by atoms with van der Waals surface area (Å²) in [5, 5.41) is 19.4. The van der Waals surface area contributed by atoms with Gasteiger partial charge in [-0.3, -0.25) is 15.1 Å². The molecule has 3 heterocycles. The standard InChI is InChI=1S/C30H25N3O5S/c1-17-24(32-29(36)37-18(2)19-6-4-3-5-7-19)26(38-33-17)23-16-31-25(22-12-15-39-27(22)23)20-8-10-21(11-9-20)30(13-14-30)28(34)35/h3-12,15-16,18H,13-14H2,1-2H3,(H,32,36)(H,34,35). The third kappa shape index (κ3) is 4.44. The summed E-state index contributed by atoms with van der Waals surface area (Å²) in [5.74, 6) is -0.376. The number of aliphatic carboxylic acids is 1. The van der Waals surface area contributed by atoms with Crippen molar-refractivity contribution in [2.24, 2.45) is 0 Å². The van der Waals surface area contributed by atoms with Gasteiger partial charge in [-0.15, -0.1) is 11.3 Å². The molecule has 1 atom stereocenters. The molecule has 3 aromatic heterocycles. The number of nitrogens with zero attached hydrogens (tertiary/aromatic N) is 2. The van der Waals surface area contributed by atoms with E-state index in [4.69, 9.17) is 14.2 Å². The van der Waals surface area contributed by atoms with E-state index in [1.165, 1.54) is 11.3 Å². The van der Waals surface area contributed by atoms with Crippen LogP contribution in [0.15, 0.2) is 76.8 Å². The molecular formula is C30H25N3O5S. The van der Waals surface area contributed by atoms with Gasteiger partial charge in [0.25, 0.3) is 0 Å². The van der Waals surface area contributed by atoms with Crippen molar-refractivity contribution in [3.05, 3.63) is 89.1 Å². The van der Waals surface area contributed by atoms with Crippen LogP contribution in [0.25, 0.3) is 32.7 Å². The highest BCUT2D eigenvalue weighted by Gasteiger charge is 2.51. The maximum atomic E-state index is 12.8. The highest BCUT2D eigenvalue weighted by Crippen LogP contribution is 2.49. The molecule has 8 nitrogen and oxygen atoms in total. The first-order valence-electron chi connectivity index (χ1n) is 12.6. The molecule has 1 unspecified atom stereocenters. The molecule has 2 N–H and O–H groups in total. The number of benzene rings is 2. The third-order valence-electron chi connectivity index (χ3n) is 7.25. The number of rotatable bonds is 7. The van der Waals surface area contributed by atoms with Gasteiger partial charge in [0.2, 0.25) is 0 Å². The van der Waals surface area contributed by atoms with Crippen LogP contribution in [-0.4, -0.2) is 27.3 Å². The van der Waals surface area contributed by atoms with Crippen LogP contribution >= 0.6 is 11.3 Å². The summed E-state index contributed by atoms with van der Waals surface area (Å²) in [7, 11) is 0. The first-order valence-corrected chi connectivity index (χ1v) is 13.4. The molecule has 196 valence electrons. The van der Waals surface area contributed by atoms with E-state index in [1.807, 2.05) is 73.0 Å². The Labute approximate surface area is 228 Å². The first kappa shape index (κ1) is 24.8. The van der Waals surface area contributed by atoms with Crippen molar-refractivity contribution in [1.29, 1.82) is 0 Å². The zero-order valence-electron chi connectivity index (χ0n) is 21.3. The Kier molecular flexibility index (Phi) is 6.15. The normalized spacial score (nSPS) is 14.6. The summed E-state index contributed by atoms with van der Waals surface area (Å²) in [4.78, 5) is 29.2. The Bertz CT molecular complexity index is 1690. The molecule has 0 aliphatic heterocycles. The summed E-state index contributed by atoms with van der Waals surface area (Å²) >= 11 is 1.53. The maximum Gasteiger partial charge on any atom is 0.412 e. The summed E-state index contributed by atoms with van der Waals surface area (Å²) in [6.45, 7) is 3.56. The lowest BCUT2D eigenvalue weighted by Crippen LogP contribution is -2.19. The van der Waals surface area contributed by atoms with Gasteiger partial charge in [-0.05, 0) is 49.3 Å². The largest absolute Gasteiger partial charge is 0.481 e. The number of hydrogen-bond acceptors (Lipinski definition) is 7. The number of ether oxygens (including phenoxy) is 1. The quantitative estimate of drug-likeness (QED) is 0.222. The number of aromatic nitrogens is 2. The second kappa shape index (κ2) is 9.67. The minimum Gasteiger partial charge on any atom is -0.481 e. The van der Waals surface area contributed by atoms with E-state index in [0.717, 1.165) is 32.5 Å². The number of anilines is 1. The summed E-state index contributed by atoms with van der Waals surface area (Å²) in [6, 6.07) is 19.1. The Morgan fingerprint density at radius 2 is 1.85 bits per heavy atom. The molecule has 1 aliphatic rings. The predicted octanol–water partition coefficient (Wildman–Crippen LogP) is 7.35. The van der Waals surface area contributed by atoms with Gasteiger partial charge >= 0.3 is 12.1 Å². The van der Waals surface area contributed by atoms with Crippen LogP contribution in [0.5, 0.6) is 0 Å². The number of nitrogens with one attached hydrogen (secondary N) is 1. The smallest absolute Gasteiger partial charge is 0.412 e. The van der Waals surface area contributed by atoms with Gasteiger partial charge in [0.15, 0.2) is 5.76 Å². The second-order valence-corrected chi connectivity index (χ2v) is 10.6. The number of pyridine rings is 1. The SMILES string of the molecule is Cc1noc(-c2cnc(-c3ccc(C4(C(=O)O)CC4)cc3)c3ccsc23)c1NC(=O)OC(C)c1ccccc1. The van der Waals surface area contributed by atoms with E-state index in [2.05, 4.69) is 10.5 Å². The van der Waals surface area contributed by atoms with Crippen molar-refractivity contribution in [3.63, 3.8) is 0 Å². The molecule has 0 bridgehead atoms. The number of hydrogen-bond donors (Lipinski definition) is 2. The topological polar surface area (TPSA) is 115 Å². The molecule has 39 heavy (non-hydrogen) atoms. The summed E-state index contributed by atoms with van der Waals surface area (Å²) in [5.41, 5.74) is 4.28. The maximum absolute atomic E-state index is 12.8. The number of amides is 1. The van der Waals surface area contributed by atoms with Gasteiger partial charge in [0.1, 0.15) is 17.5 Å². The van der Waals surface area contributed by atoms with Crippen LogP contribution in [0.1, 0.15) is 42.7 Å². The number of carbonyl (C=O) groups is 2. The second-order valence-electron chi connectivity index (χ2n) is 9.70. The van der Waals surface area contributed by atoms with Crippen LogP contribution < -0.4 is 5.32 Å². The lowest BCUT2D eigenvalue weighted by Gasteiger charge is -2.14. The highest BCUT2D eigenvalue weighted by molar-refractivity contribution is 7.17. The minimum absolute atomic E-state index is 0.399. The van der Waals surface area contributed by atoms with Gasteiger partial charge in [-0.2, -0.15) is 0 Å². The molecule has 0 spiro atoms. The van der Waals surface area contributed by atoms with E-state index in [-0.39, 0.29) is 0 Å². The monoisotopic (exact) mass is 539 g/mol. The highest BCUT2D eigenvalue weighted by atomic mass is 32.1. The van der Waals surface area contributed by atoms with Gasteiger partial charge in [-0.1, -0.05) is 59.8 Å². The van der Waals surface area contributed by atoms with Gasteiger partial charge in [-0.25, -0.2) is 4.79 Å². The number of aryl methyl sites for hydroxylation is 1. The molecule has 9 heteroatoms. The van der Waals surface area contributed by atoms with Crippen molar-refractivity contribution in [3.8, 4) is 22.6 Å². The number of fused-ring (bicyclic) bond motifs is 1. The van der Waals surface area contributed by atoms with E-state index in [1.54, 1.807) is 13.1 Å². The number of carboxylic acids is 1. The van der Waals surface area contributed by atoms with E-state index in [0.29, 0.717) is 35.5 Å². The minimum atomic E-state index is -0.775. The Hall–Kier alpha value is -4.50. The van der Waals surface area contributed by atoms with Gasteiger partial charge in [0.05, 0.1) is 16.7 Å². The molecule has 5 aromatic rings. The lowest BCUT2D eigenvalue weighted by atomic mass is 9.94. The number of carbonyl (C=O) groups excluding carboxylic acids is 1. The Morgan fingerprint density at radius 3 is 2.54 bits per heavy atom. The van der Waals surface area contributed by atoms with Crippen molar-refractivity contribution in [1.82, 2.24) is 10.1 Å². The average Bonchev–Trinajstić information content (AvgIpc) is 3.49. The van der Waals surface area contributed by atoms with Crippen molar-refractivity contribution in [2.45, 2.75) is 38.2 Å². The fraction of sp³-hybridized carbons (Fsp3) is 0.200. The predicted molar refractivity (Wildman–Crippen MR) is 149 cm³/mol. The van der Waals surface area contributed by atoms with Crippen LogP contribution in [0, 0.1) is 6.92 Å². The van der Waals surface area contributed by atoms with Crippen LogP contribution in [0.3, 0.4) is 0 Å². The molecule has 2 aromatic carbocycles. The first-order chi connectivity index (χ1) is 18.9. The van der Waals surface area contributed by atoms with Crippen LogP contribution in [0.4, 0.5) is 10.5 Å². The fourth-order valence-electron chi connectivity index (χ4n) is 4.84. The zero-order chi connectivity index (χ0) is 27.1. The lowest BCUT2D eigenvalue weighted by molar-refractivity contribution is -0.140. The fourth-order valence-corrected chi connectivity index (χ4v) is 5.74. The van der Waals surface area contributed by atoms with E-state index >= 15 is 0 Å². The van der Waals surface area contributed by atoms with Crippen molar-refractivity contribution < 1.29 is 24.0 Å². The average molecular weight is 540 g/mol. The van der Waals surface area contributed by atoms with Crippen molar-refractivity contribution in [2.75, 3.05) is 5.32 Å². The van der Waals surface area contributed by atoms with E-state index in [9.17, 15) is 14.7 Å². The molecule has 6 rings (SSSR count). The van der Waals surface area contributed by atoms with Crippen molar-refractivity contribution >= 4 is 39.2 Å². The molecule has 1 amide bonds. The summed E-state index contributed by atoms with van der Waals surface area (Å²) < 4.78 is 12.2. The van der Waals surface area contributed by atoms with Crippen LogP contribution in [-0.2, 0) is 14.9 Å². The van der Waals surface area contributed by atoms with Gasteiger partial charge in [0, 0.05) is 21.8 Å². The van der Waals surface area contributed by atoms with Gasteiger partial charge < -0.3 is 14.4 Å². The molecule has 0 saturated heterocycles. The molecule has 1 aliphatic carbocycles. The number of thiophene rings is 1. The molecule has 1 fully saturated rings.